The summed E-state index contributed by atoms with van der Waals surface area (Å²) in [5, 5.41) is 3.87. The molecule has 0 spiro atoms. The third kappa shape index (κ3) is 1.13. The predicted octanol–water partition coefficient (Wildman–Crippen LogP) is 0.408. The fourth-order valence-electron chi connectivity index (χ4n) is 1.46. The molecule has 0 aromatic rings. The van der Waals surface area contributed by atoms with E-state index in [4.69, 9.17) is 5.73 Å². The number of rotatable bonds is 0. The summed E-state index contributed by atoms with van der Waals surface area (Å²) in [6.07, 6.45) is 2.09. The normalized spacial score (nSPS) is 32.6. The van der Waals surface area contributed by atoms with E-state index in [-0.39, 0.29) is 11.4 Å². The standard InChI is InChI=1S/C6H11N3OS/c7-5-2-1-3-8-6(10)11-4-9(5)8/h5H,1-4,7H2. The topological polar surface area (TPSA) is 49.6 Å². The van der Waals surface area contributed by atoms with Crippen molar-refractivity contribution in [3.8, 4) is 0 Å². The van der Waals surface area contributed by atoms with Crippen molar-refractivity contribution < 1.29 is 4.79 Å². The maximum absolute atomic E-state index is 11.1. The maximum atomic E-state index is 11.1. The molecule has 0 aromatic heterocycles. The van der Waals surface area contributed by atoms with Crippen molar-refractivity contribution in [3.63, 3.8) is 0 Å². The molecule has 1 atom stereocenters. The van der Waals surface area contributed by atoms with Crippen molar-refractivity contribution in [1.82, 2.24) is 10.0 Å². The number of carbonyl (C=O) groups is 1. The summed E-state index contributed by atoms with van der Waals surface area (Å²) in [5.41, 5.74) is 5.80. The van der Waals surface area contributed by atoms with E-state index in [0.717, 1.165) is 25.3 Å². The van der Waals surface area contributed by atoms with Crippen molar-refractivity contribution in [2.45, 2.75) is 19.0 Å². The molecule has 62 valence electrons. The van der Waals surface area contributed by atoms with Crippen LogP contribution in [0.5, 0.6) is 0 Å². The quantitative estimate of drug-likeness (QED) is 0.576. The molecule has 2 N–H and O–H groups in total. The number of hydrogen-bond acceptors (Lipinski definition) is 4. The van der Waals surface area contributed by atoms with Crippen LogP contribution in [0.4, 0.5) is 4.79 Å². The highest BCUT2D eigenvalue weighted by Crippen LogP contribution is 2.28. The summed E-state index contributed by atoms with van der Waals surface area (Å²) in [5.74, 6) is 0.736. The van der Waals surface area contributed by atoms with Gasteiger partial charge < -0.3 is 5.73 Å². The summed E-state index contributed by atoms with van der Waals surface area (Å²) < 4.78 is 0. The van der Waals surface area contributed by atoms with Gasteiger partial charge in [-0.2, -0.15) is 5.01 Å². The van der Waals surface area contributed by atoms with E-state index in [1.54, 1.807) is 5.01 Å². The van der Waals surface area contributed by atoms with Gasteiger partial charge in [0.15, 0.2) is 0 Å². The van der Waals surface area contributed by atoms with Gasteiger partial charge in [0.2, 0.25) is 0 Å². The van der Waals surface area contributed by atoms with Crippen LogP contribution >= 0.6 is 11.8 Å². The number of carbonyl (C=O) groups excluding carboxylic acids is 1. The number of nitrogens with zero attached hydrogens (tertiary/aromatic N) is 2. The molecule has 0 aliphatic carbocycles. The first kappa shape index (κ1) is 7.39. The molecule has 2 heterocycles. The van der Waals surface area contributed by atoms with Crippen LogP contribution in [0.15, 0.2) is 0 Å². The lowest BCUT2D eigenvalue weighted by Crippen LogP contribution is -2.53. The van der Waals surface area contributed by atoms with Gasteiger partial charge in [-0.05, 0) is 24.6 Å². The average molecular weight is 173 g/mol. The van der Waals surface area contributed by atoms with Gasteiger partial charge in [0.05, 0.1) is 12.0 Å². The Morgan fingerprint density at radius 3 is 3.18 bits per heavy atom. The molecular formula is C6H11N3OS. The number of hydrazine groups is 1. The second-order valence-corrected chi connectivity index (χ2v) is 3.71. The molecule has 0 aromatic carbocycles. The van der Waals surface area contributed by atoms with Gasteiger partial charge in [0, 0.05) is 6.54 Å². The first-order valence-electron chi connectivity index (χ1n) is 3.75. The van der Waals surface area contributed by atoms with E-state index >= 15 is 0 Å². The molecule has 1 unspecified atom stereocenters. The SMILES string of the molecule is NC1CCCN2C(=O)SCN12. The first-order chi connectivity index (χ1) is 5.29. The van der Waals surface area contributed by atoms with E-state index in [0.29, 0.717) is 0 Å². The molecule has 0 radical (unpaired) electrons. The minimum atomic E-state index is 0.0581. The Bertz CT molecular complexity index is 187. The van der Waals surface area contributed by atoms with Gasteiger partial charge in [-0.3, -0.25) is 9.80 Å². The molecule has 0 saturated carbocycles. The van der Waals surface area contributed by atoms with Gasteiger partial charge in [-0.25, -0.2) is 0 Å². The van der Waals surface area contributed by atoms with Gasteiger partial charge in [0.25, 0.3) is 5.24 Å². The molecule has 4 nitrogen and oxygen atoms in total. The number of amides is 1. The molecule has 2 aliphatic heterocycles. The first-order valence-corrected chi connectivity index (χ1v) is 4.74. The van der Waals surface area contributed by atoms with Crippen molar-refractivity contribution in [3.05, 3.63) is 0 Å². The monoisotopic (exact) mass is 173 g/mol. The Morgan fingerprint density at radius 1 is 1.64 bits per heavy atom. The van der Waals surface area contributed by atoms with E-state index in [1.807, 2.05) is 5.01 Å². The highest BCUT2D eigenvalue weighted by atomic mass is 32.2. The van der Waals surface area contributed by atoms with Gasteiger partial charge in [-0.1, -0.05) is 0 Å². The molecule has 1 amide bonds. The number of hydrogen-bond donors (Lipinski definition) is 1. The lowest BCUT2D eigenvalue weighted by atomic mass is 10.2. The molecule has 5 heteroatoms. The zero-order valence-electron chi connectivity index (χ0n) is 6.19. The maximum Gasteiger partial charge on any atom is 0.297 e. The zero-order valence-corrected chi connectivity index (χ0v) is 7.01. The molecule has 0 bridgehead atoms. The summed E-state index contributed by atoms with van der Waals surface area (Å²) in [7, 11) is 0. The summed E-state index contributed by atoms with van der Waals surface area (Å²) >= 11 is 1.34. The van der Waals surface area contributed by atoms with Crippen LogP contribution in [-0.4, -0.2) is 33.8 Å². The van der Waals surface area contributed by atoms with Crippen LogP contribution in [0.25, 0.3) is 0 Å². The largest absolute Gasteiger partial charge is 0.314 e. The number of thioether (sulfide) groups is 1. The summed E-state index contributed by atoms with van der Waals surface area (Å²) in [6.45, 7) is 0.847. The molecule has 2 rings (SSSR count). The van der Waals surface area contributed by atoms with Crippen molar-refractivity contribution in [1.29, 1.82) is 0 Å². The molecular weight excluding hydrogens is 162 g/mol. The van der Waals surface area contributed by atoms with Crippen LogP contribution in [0.3, 0.4) is 0 Å². The van der Waals surface area contributed by atoms with Gasteiger partial charge in [0.1, 0.15) is 0 Å². The fraction of sp³-hybridized carbons (Fsp3) is 0.833. The van der Waals surface area contributed by atoms with Gasteiger partial charge >= 0.3 is 0 Å². The lowest BCUT2D eigenvalue weighted by molar-refractivity contribution is -0.0164. The Hall–Kier alpha value is -0.260. The molecule has 2 fully saturated rings. The molecule has 11 heavy (non-hydrogen) atoms. The van der Waals surface area contributed by atoms with Crippen LogP contribution in [0, 0.1) is 0 Å². The minimum absolute atomic E-state index is 0.0581. The van der Waals surface area contributed by atoms with E-state index in [9.17, 15) is 4.79 Å². The van der Waals surface area contributed by atoms with Crippen molar-refractivity contribution in [2.75, 3.05) is 12.4 Å². The zero-order chi connectivity index (χ0) is 7.84. The van der Waals surface area contributed by atoms with Crippen molar-refractivity contribution in [2.24, 2.45) is 5.73 Å². The summed E-state index contributed by atoms with van der Waals surface area (Å²) in [4.78, 5) is 11.1. The Labute approximate surface area is 69.7 Å². The smallest absolute Gasteiger partial charge is 0.297 e. The number of nitrogens with two attached hydrogens (primary N) is 1. The van der Waals surface area contributed by atoms with Gasteiger partial charge in [-0.15, -0.1) is 0 Å². The third-order valence-corrected chi connectivity index (χ3v) is 2.95. The molecule has 2 saturated heterocycles. The Kier molecular flexibility index (Phi) is 1.78. The van der Waals surface area contributed by atoms with Crippen LogP contribution < -0.4 is 5.73 Å². The van der Waals surface area contributed by atoms with Crippen LogP contribution in [-0.2, 0) is 0 Å². The second kappa shape index (κ2) is 2.66. The summed E-state index contributed by atoms with van der Waals surface area (Å²) in [6, 6.07) is 0. The Balaban J connectivity index is 2.12. The number of fused-ring (bicyclic) bond motifs is 1. The third-order valence-electron chi connectivity index (χ3n) is 2.09. The van der Waals surface area contributed by atoms with E-state index in [1.165, 1.54) is 11.8 Å². The highest BCUT2D eigenvalue weighted by molar-refractivity contribution is 8.13. The highest BCUT2D eigenvalue weighted by Gasteiger charge is 2.35. The second-order valence-electron chi connectivity index (χ2n) is 2.81. The Morgan fingerprint density at radius 2 is 2.45 bits per heavy atom. The van der Waals surface area contributed by atoms with Crippen LogP contribution in [0.2, 0.25) is 0 Å². The van der Waals surface area contributed by atoms with E-state index in [2.05, 4.69) is 0 Å². The minimum Gasteiger partial charge on any atom is -0.314 e. The average Bonchev–Trinajstić information content (AvgIpc) is 2.35. The van der Waals surface area contributed by atoms with Crippen LogP contribution in [0.1, 0.15) is 12.8 Å². The fourth-order valence-corrected chi connectivity index (χ4v) is 2.38. The van der Waals surface area contributed by atoms with Crippen molar-refractivity contribution >= 4 is 17.0 Å². The molecule has 2 aliphatic rings. The lowest BCUT2D eigenvalue weighted by Gasteiger charge is -2.36. The van der Waals surface area contributed by atoms with E-state index < -0.39 is 0 Å². The predicted molar refractivity (Wildman–Crippen MR) is 43.6 cm³/mol.